The second kappa shape index (κ2) is 5.92. The molecule has 0 amide bonds. The summed E-state index contributed by atoms with van der Waals surface area (Å²) in [5.74, 6) is 0. The summed E-state index contributed by atoms with van der Waals surface area (Å²) in [5, 5.41) is 3.90. The lowest BCUT2D eigenvalue weighted by Crippen LogP contribution is -2.61. The van der Waals surface area contributed by atoms with Crippen LogP contribution in [0.4, 0.5) is 0 Å². The highest BCUT2D eigenvalue weighted by molar-refractivity contribution is 7.80. The average molecular weight is 264 g/mol. The first-order valence-corrected chi connectivity index (χ1v) is 7.56. The van der Waals surface area contributed by atoms with Crippen molar-refractivity contribution in [3.05, 3.63) is 0 Å². The molecule has 1 saturated heterocycles. The molecule has 0 aromatic heterocycles. The molecule has 0 aromatic carbocycles. The molecule has 0 spiro atoms. The molecule has 1 aliphatic rings. The van der Waals surface area contributed by atoms with Crippen LogP contribution in [-0.4, -0.2) is 58.9 Å². The van der Waals surface area contributed by atoms with E-state index < -0.39 is 8.80 Å². The summed E-state index contributed by atoms with van der Waals surface area (Å²) in [6.45, 7) is 3.84. The van der Waals surface area contributed by atoms with Gasteiger partial charge in [0.2, 0.25) is 0 Å². The predicted octanol–water partition coefficient (Wildman–Crippen LogP) is 0.372. The van der Waals surface area contributed by atoms with E-state index in [1.807, 2.05) is 0 Å². The maximum absolute atomic E-state index is 5.52. The fraction of sp³-hybridized carbons (Fsp3) is 0.889. The zero-order valence-electron chi connectivity index (χ0n) is 10.3. The summed E-state index contributed by atoms with van der Waals surface area (Å²) < 4.78 is 16.5. The van der Waals surface area contributed by atoms with Crippen molar-refractivity contribution in [2.45, 2.75) is 19.0 Å². The molecule has 1 fully saturated rings. The van der Waals surface area contributed by atoms with Gasteiger partial charge in [-0.15, -0.1) is 0 Å². The molecule has 1 rings (SSSR count). The van der Waals surface area contributed by atoms with E-state index in [4.69, 9.17) is 25.5 Å². The number of hydrogen-bond acceptors (Lipinski definition) is 4. The van der Waals surface area contributed by atoms with Crippen LogP contribution in [0.1, 0.15) is 13.3 Å². The lowest BCUT2D eigenvalue weighted by Gasteiger charge is -2.37. The highest BCUT2D eigenvalue weighted by atomic mass is 32.1. The number of rotatable bonds is 6. The predicted molar refractivity (Wildman–Crippen MR) is 68.2 cm³/mol. The van der Waals surface area contributed by atoms with Crippen LogP contribution in [0.5, 0.6) is 0 Å². The summed E-state index contributed by atoms with van der Waals surface area (Å²) >= 11 is 5.27. The standard InChI is InChI=1S/C9H20N2O3SSi/c1-5-8(11-7-6-10-9(11)15)16(12-2,13-3)14-4/h8H,5-7H2,1-4H3,(H,10,15). The van der Waals surface area contributed by atoms with Gasteiger partial charge in [-0.2, -0.15) is 0 Å². The second-order valence-corrected chi connectivity index (χ2v) is 7.05. The number of nitrogens with zero attached hydrogens (tertiary/aromatic N) is 1. The second-order valence-electron chi connectivity index (χ2n) is 3.57. The van der Waals surface area contributed by atoms with Crippen molar-refractivity contribution in [1.29, 1.82) is 0 Å². The van der Waals surface area contributed by atoms with Crippen LogP contribution in [0.25, 0.3) is 0 Å². The molecule has 0 saturated carbocycles. The van der Waals surface area contributed by atoms with Crippen molar-refractivity contribution in [3.8, 4) is 0 Å². The summed E-state index contributed by atoms with van der Waals surface area (Å²) in [6.07, 6.45) is 0.879. The Morgan fingerprint density at radius 2 is 1.94 bits per heavy atom. The smallest absolute Gasteiger partial charge is 0.376 e. The summed E-state index contributed by atoms with van der Waals surface area (Å²) in [4.78, 5) is 2.11. The van der Waals surface area contributed by atoms with Crippen molar-refractivity contribution in [2.75, 3.05) is 34.4 Å². The van der Waals surface area contributed by atoms with Crippen molar-refractivity contribution in [2.24, 2.45) is 0 Å². The van der Waals surface area contributed by atoms with Gasteiger partial charge in [-0.05, 0) is 18.6 Å². The minimum Gasteiger partial charge on any atom is -0.376 e. The lowest BCUT2D eigenvalue weighted by molar-refractivity contribution is 0.0922. The topological polar surface area (TPSA) is 43.0 Å². The Bertz CT molecular complexity index is 243. The van der Waals surface area contributed by atoms with Crippen LogP contribution in [0.2, 0.25) is 0 Å². The van der Waals surface area contributed by atoms with E-state index >= 15 is 0 Å². The van der Waals surface area contributed by atoms with E-state index in [2.05, 4.69) is 17.1 Å². The summed E-state index contributed by atoms with van der Waals surface area (Å²) in [5.41, 5.74) is 0.0787. The van der Waals surface area contributed by atoms with Gasteiger partial charge in [-0.3, -0.25) is 0 Å². The Hall–Kier alpha value is -0.213. The first-order chi connectivity index (χ1) is 7.65. The maximum Gasteiger partial charge on any atom is 0.523 e. The third-order valence-electron chi connectivity index (χ3n) is 2.91. The van der Waals surface area contributed by atoms with E-state index in [1.165, 1.54) is 0 Å². The zero-order valence-corrected chi connectivity index (χ0v) is 12.1. The molecule has 1 N–H and O–H groups in total. The molecule has 1 heterocycles. The van der Waals surface area contributed by atoms with Gasteiger partial charge in [0.1, 0.15) is 5.67 Å². The first-order valence-electron chi connectivity index (χ1n) is 5.35. The molecule has 1 unspecified atom stereocenters. The van der Waals surface area contributed by atoms with Crippen LogP contribution in [0.15, 0.2) is 0 Å². The molecule has 7 heteroatoms. The first kappa shape index (κ1) is 13.9. The van der Waals surface area contributed by atoms with E-state index in [-0.39, 0.29) is 5.67 Å². The van der Waals surface area contributed by atoms with Gasteiger partial charge in [0, 0.05) is 34.4 Å². The Morgan fingerprint density at radius 1 is 1.38 bits per heavy atom. The molecule has 0 radical (unpaired) electrons. The SMILES string of the molecule is CCC(N1CCNC1=S)[Si](OC)(OC)OC. The monoisotopic (exact) mass is 264 g/mol. The Morgan fingerprint density at radius 3 is 2.25 bits per heavy atom. The number of hydrogen-bond donors (Lipinski definition) is 1. The van der Waals surface area contributed by atoms with Crippen molar-refractivity contribution in [3.63, 3.8) is 0 Å². The van der Waals surface area contributed by atoms with E-state index in [0.717, 1.165) is 24.6 Å². The van der Waals surface area contributed by atoms with E-state index in [9.17, 15) is 0 Å². The Kier molecular flexibility index (Phi) is 5.13. The molecule has 5 nitrogen and oxygen atoms in total. The minimum atomic E-state index is -2.66. The average Bonchev–Trinajstić information content (AvgIpc) is 2.72. The molecular formula is C9H20N2O3SSi. The lowest BCUT2D eigenvalue weighted by atomic mass is 10.4. The maximum atomic E-state index is 5.52. The molecular weight excluding hydrogens is 244 g/mol. The van der Waals surface area contributed by atoms with Crippen molar-refractivity contribution >= 4 is 26.1 Å². The van der Waals surface area contributed by atoms with Crippen molar-refractivity contribution < 1.29 is 13.3 Å². The summed E-state index contributed by atoms with van der Waals surface area (Å²) in [7, 11) is 2.24. The van der Waals surface area contributed by atoms with E-state index in [1.54, 1.807) is 21.3 Å². The zero-order chi connectivity index (χ0) is 12.2. The molecule has 0 bridgehead atoms. The Labute approximate surface area is 103 Å². The van der Waals surface area contributed by atoms with Crippen LogP contribution >= 0.6 is 12.2 Å². The van der Waals surface area contributed by atoms with Gasteiger partial charge in [-0.1, -0.05) is 6.92 Å². The van der Waals surface area contributed by atoms with E-state index in [0.29, 0.717) is 0 Å². The molecule has 1 atom stereocenters. The molecule has 16 heavy (non-hydrogen) atoms. The van der Waals surface area contributed by atoms with Gasteiger partial charge in [-0.25, -0.2) is 0 Å². The summed E-state index contributed by atoms with van der Waals surface area (Å²) in [6, 6.07) is 0. The largest absolute Gasteiger partial charge is 0.523 e. The van der Waals surface area contributed by atoms with Crippen LogP contribution < -0.4 is 5.32 Å². The Balaban J connectivity index is 2.89. The quantitative estimate of drug-likeness (QED) is 0.552. The van der Waals surface area contributed by atoms with Gasteiger partial charge < -0.3 is 23.5 Å². The molecule has 0 aliphatic carbocycles. The normalized spacial score (nSPS) is 18.8. The number of thiocarbonyl (C=S) groups is 1. The van der Waals surface area contributed by atoms with Gasteiger partial charge in [0.25, 0.3) is 0 Å². The minimum absolute atomic E-state index is 0.0787. The molecule has 0 aromatic rings. The van der Waals surface area contributed by atoms with Crippen LogP contribution in [0, 0.1) is 0 Å². The molecule has 94 valence electrons. The fourth-order valence-corrected chi connectivity index (χ4v) is 4.97. The highest BCUT2D eigenvalue weighted by Gasteiger charge is 2.50. The third-order valence-corrected chi connectivity index (χ3v) is 6.54. The van der Waals surface area contributed by atoms with Gasteiger partial charge in [0.05, 0.1) is 0 Å². The van der Waals surface area contributed by atoms with Gasteiger partial charge in [0.15, 0.2) is 5.11 Å². The number of nitrogens with one attached hydrogen (secondary N) is 1. The van der Waals surface area contributed by atoms with Gasteiger partial charge >= 0.3 is 8.80 Å². The third kappa shape index (κ3) is 2.38. The van der Waals surface area contributed by atoms with Crippen molar-refractivity contribution in [1.82, 2.24) is 10.2 Å². The van der Waals surface area contributed by atoms with Crippen LogP contribution in [-0.2, 0) is 13.3 Å². The highest BCUT2D eigenvalue weighted by Crippen LogP contribution is 2.22. The molecule has 1 aliphatic heterocycles. The van der Waals surface area contributed by atoms with Crippen LogP contribution in [0.3, 0.4) is 0 Å². The fourth-order valence-electron chi connectivity index (χ4n) is 2.10.